The van der Waals surface area contributed by atoms with E-state index in [0.717, 1.165) is 0 Å². The molecule has 0 aliphatic carbocycles. The Bertz CT molecular complexity index is 676. The number of nitrogens with zero attached hydrogens (tertiary/aromatic N) is 2. The summed E-state index contributed by atoms with van der Waals surface area (Å²) in [5.74, 6) is 0.304. The van der Waals surface area contributed by atoms with Gasteiger partial charge in [-0.2, -0.15) is 0 Å². The molecule has 1 saturated heterocycles. The highest BCUT2D eigenvalue weighted by Crippen LogP contribution is 2.30. The zero-order valence-corrected chi connectivity index (χ0v) is 13.3. The standard InChI is InChI=1S/C16H18ClN3O2/c1-10-7-20(8-11(2)19-10)16(21)14-15(22-9-18-14)12-5-3-4-6-13(12)17/h3-6,9-11,19H,7-8H2,1-2H3/t10-,11+. The van der Waals surface area contributed by atoms with Crippen molar-refractivity contribution in [3.8, 4) is 11.3 Å². The SMILES string of the molecule is C[C@@H]1CN(C(=O)c2ncoc2-c2ccccc2Cl)C[C@H](C)N1. The summed E-state index contributed by atoms with van der Waals surface area (Å²) in [5, 5.41) is 3.94. The number of oxazole rings is 1. The third-order valence-electron chi connectivity index (χ3n) is 3.73. The van der Waals surface area contributed by atoms with Crippen LogP contribution < -0.4 is 5.32 Å². The van der Waals surface area contributed by atoms with Crippen LogP contribution in [0.3, 0.4) is 0 Å². The van der Waals surface area contributed by atoms with Crippen LogP contribution in [0, 0.1) is 0 Å². The van der Waals surface area contributed by atoms with Crippen LogP contribution in [-0.2, 0) is 0 Å². The van der Waals surface area contributed by atoms with Crippen molar-refractivity contribution < 1.29 is 9.21 Å². The monoisotopic (exact) mass is 319 g/mol. The fraction of sp³-hybridized carbons (Fsp3) is 0.375. The van der Waals surface area contributed by atoms with Crippen molar-refractivity contribution in [1.29, 1.82) is 0 Å². The Kier molecular flexibility index (Phi) is 4.18. The molecule has 116 valence electrons. The Morgan fingerprint density at radius 2 is 2.00 bits per heavy atom. The number of benzene rings is 1. The van der Waals surface area contributed by atoms with Crippen LogP contribution in [0.5, 0.6) is 0 Å². The average Bonchev–Trinajstić information content (AvgIpc) is 2.95. The summed E-state index contributed by atoms with van der Waals surface area (Å²) in [4.78, 5) is 18.7. The molecule has 5 nitrogen and oxygen atoms in total. The maximum atomic E-state index is 12.8. The maximum Gasteiger partial charge on any atom is 0.276 e. The van der Waals surface area contributed by atoms with Crippen molar-refractivity contribution in [2.24, 2.45) is 0 Å². The number of hydrogen-bond donors (Lipinski definition) is 1. The lowest BCUT2D eigenvalue weighted by atomic mass is 10.1. The molecule has 22 heavy (non-hydrogen) atoms. The smallest absolute Gasteiger partial charge is 0.276 e. The minimum atomic E-state index is -0.121. The van der Waals surface area contributed by atoms with Crippen LogP contribution in [0.25, 0.3) is 11.3 Å². The molecular weight excluding hydrogens is 302 g/mol. The zero-order valence-electron chi connectivity index (χ0n) is 12.5. The van der Waals surface area contributed by atoms with Gasteiger partial charge in [-0.15, -0.1) is 0 Å². The largest absolute Gasteiger partial charge is 0.443 e. The van der Waals surface area contributed by atoms with Gasteiger partial charge in [-0.25, -0.2) is 4.98 Å². The van der Waals surface area contributed by atoms with Crippen molar-refractivity contribution in [3.63, 3.8) is 0 Å². The first-order chi connectivity index (χ1) is 10.6. The Morgan fingerprint density at radius 3 is 2.68 bits per heavy atom. The van der Waals surface area contributed by atoms with Gasteiger partial charge in [0.1, 0.15) is 0 Å². The summed E-state index contributed by atoms with van der Waals surface area (Å²) >= 11 is 6.20. The van der Waals surface area contributed by atoms with Gasteiger partial charge in [0.05, 0.1) is 5.02 Å². The molecule has 0 bridgehead atoms. The summed E-state index contributed by atoms with van der Waals surface area (Å²) in [7, 11) is 0. The molecule has 1 N–H and O–H groups in total. The molecule has 1 amide bonds. The number of hydrogen-bond acceptors (Lipinski definition) is 4. The van der Waals surface area contributed by atoms with Crippen molar-refractivity contribution in [2.75, 3.05) is 13.1 Å². The molecule has 2 aromatic rings. The van der Waals surface area contributed by atoms with Crippen molar-refractivity contribution >= 4 is 17.5 Å². The van der Waals surface area contributed by atoms with E-state index in [0.29, 0.717) is 35.1 Å². The summed E-state index contributed by atoms with van der Waals surface area (Å²) < 4.78 is 5.44. The van der Waals surface area contributed by atoms with E-state index in [1.165, 1.54) is 6.39 Å². The molecule has 0 saturated carbocycles. The highest BCUT2D eigenvalue weighted by atomic mass is 35.5. The highest BCUT2D eigenvalue weighted by molar-refractivity contribution is 6.33. The van der Waals surface area contributed by atoms with E-state index in [-0.39, 0.29) is 18.0 Å². The van der Waals surface area contributed by atoms with Gasteiger partial charge in [0.25, 0.3) is 5.91 Å². The summed E-state index contributed by atoms with van der Waals surface area (Å²) in [5.41, 5.74) is 0.996. The second kappa shape index (κ2) is 6.10. The predicted molar refractivity (Wildman–Crippen MR) is 84.9 cm³/mol. The van der Waals surface area contributed by atoms with E-state index in [2.05, 4.69) is 24.1 Å². The van der Waals surface area contributed by atoms with E-state index in [4.69, 9.17) is 16.0 Å². The van der Waals surface area contributed by atoms with E-state index in [1.807, 2.05) is 23.1 Å². The first-order valence-corrected chi connectivity index (χ1v) is 7.67. The van der Waals surface area contributed by atoms with Crippen molar-refractivity contribution in [1.82, 2.24) is 15.2 Å². The lowest BCUT2D eigenvalue weighted by molar-refractivity contribution is 0.0669. The van der Waals surface area contributed by atoms with E-state index in [1.54, 1.807) is 6.07 Å². The van der Waals surface area contributed by atoms with Gasteiger partial charge in [-0.3, -0.25) is 4.79 Å². The number of carbonyl (C=O) groups excluding carboxylic acids is 1. The number of aromatic nitrogens is 1. The second-order valence-corrected chi connectivity index (χ2v) is 6.10. The van der Waals surface area contributed by atoms with Crippen LogP contribution >= 0.6 is 11.6 Å². The first-order valence-electron chi connectivity index (χ1n) is 7.30. The van der Waals surface area contributed by atoms with Crippen LogP contribution in [0.15, 0.2) is 35.1 Å². The van der Waals surface area contributed by atoms with Crippen LogP contribution in [0.2, 0.25) is 5.02 Å². The molecule has 0 radical (unpaired) electrons. The van der Waals surface area contributed by atoms with Gasteiger partial charge >= 0.3 is 0 Å². The minimum Gasteiger partial charge on any atom is -0.443 e. The topological polar surface area (TPSA) is 58.4 Å². The number of carbonyl (C=O) groups is 1. The molecule has 1 aliphatic rings. The number of amides is 1. The molecule has 1 aromatic carbocycles. The molecular formula is C16H18ClN3O2. The fourth-order valence-corrected chi connectivity index (χ4v) is 3.10. The molecule has 6 heteroatoms. The molecule has 2 atom stereocenters. The predicted octanol–water partition coefficient (Wildman–Crippen LogP) is 2.82. The van der Waals surface area contributed by atoms with Gasteiger partial charge < -0.3 is 14.6 Å². The number of halogens is 1. The fourth-order valence-electron chi connectivity index (χ4n) is 2.88. The molecule has 0 spiro atoms. The van der Waals surface area contributed by atoms with Crippen LogP contribution in [0.4, 0.5) is 0 Å². The highest BCUT2D eigenvalue weighted by Gasteiger charge is 2.29. The van der Waals surface area contributed by atoms with E-state index < -0.39 is 0 Å². The quantitative estimate of drug-likeness (QED) is 0.924. The van der Waals surface area contributed by atoms with Crippen molar-refractivity contribution in [2.45, 2.75) is 25.9 Å². The molecule has 0 unspecified atom stereocenters. The van der Waals surface area contributed by atoms with E-state index in [9.17, 15) is 4.79 Å². The number of rotatable bonds is 2. The third kappa shape index (κ3) is 2.87. The Morgan fingerprint density at radius 1 is 1.32 bits per heavy atom. The van der Waals surface area contributed by atoms with Crippen LogP contribution in [-0.4, -0.2) is 41.0 Å². The van der Waals surface area contributed by atoms with E-state index >= 15 is 0 Å². The zero-order chi connectivity index (χ0) is 15.7. The van der Waals surface area contributed by atoms with Gasteiger partial charge in [-0.05, 0) is 26.0 Å². The average molecular weight is 320 g/mol. The molecule has 1 aromatic heterocycles. The van der Waals surface area contributed by atoms with Gasteiger partial charge in [0, 0.05) is 30.7 Å². The van der Waals surface area contributed by atoms with Gasteiger partial charge in [-0.1, -0.05) is 23.7 Å². The molecule has 1 fully saturated rings. The van der Waals surface area contributed by atoms with Crippen molar-refractivity contribution in [3.05, 3.63) is 41.4 Å². The van der Waals surface area contributed by atoms with Crippen LogP contribution in [0.1, 0.15) is 24.3 Å². The summed E-state index contributed by atoms with van der Waals surface area (Å²) in [6.07, 6.45) is 1.29. The number of piperazine rings is 1. The summed E-state index contributed by atoms with van der Waals surface area (Å²) in [6, 6.07) is 7.79. The lowest BCUT2D eigenvalue weighted by Gasteiger charge is -2.35. The normalized spacial score (nSPS) is 21.9. The molecule has 2 heterocycles. The second-order valence-electron chi connectivity index (χ2n) is 5.69. The minimum absolute atomic E-state index is 0.121. The molecule has 3 rings (SSSR count). The Hall–Kier alpha value is -1.85. The Labute approximate surface area is 134 Å². The maximum absolute atomic E-state index is 12.8. The van der Waals surface area contributed by atoms with Gasteiger partial charge in [0.15, 0.2) is 17.8 Å². The van der Waals surface area contributed by atoms with Gasteiger partial charge in [0.2, 0.25) is 0 Å². The molecule has 1 aliphatic heterocycles. The summed E-state index contributed by atoms with van der Waals surface area (Å²) in [6.45, 7) is 5.43. The number of nitrogens with one attached hydrogen (secondary N) is 1. The first kappa shape index (κ1) is 15.1. The lowest BCUT2D eigenvalue weighted by Crippen LogP contribution is -2.55. The Balaban J connectivity index is 1.92. The third-order valence-corrected chi connectivity index (χ3v) is 4.06.